The molecule has 1 saturated heterocycles. The van der Waals surface area contributed by atoms with E-state index in [1.54, 1.807) is 10.9 Å². The maximum atomic E-state index is 13.4. The molecule has 0 radical (unpaired) electrons. The Morgan fingerprint density at radius 1 is 0.817 bits per heavy atom. The molecule has 4 aliphatic carbocycles. The molecule has 490 valence electrons. The molecular formula is C66H79N15O11S. The van der Waals surface area contributed by atoms with Gasteiger partial charge in [0.2, 0.25) is 11.8 Å². The number of aryl methyl sites for hydroxylation is 2. The third kappa shape index (κ3) is 14.2. The number of amides is 5. The van der Waals surface area contributed by atoms with Crippen molar-refractivity contribution in [1.82, 2.24) is 65.4 Å². The molecule has 2 aromatic carbocycles. The van der Waals surface area contributed by atoms with Gasteiger partial charge in [0.1, 0.15) is 23.3 Å². The van der Waals surface area contributed by atoms with Crippen molar-refractivity contribution in [2.75, 3.05) is 77.0 Å². The number of hydrogen-bond acceptors (Lipinski definition) is 21. The second-order valence-electron chi connectivity index (χ2n) is 26.6. The lowest BCUT2D eigenvalue weighted by molar-refractivity contribution is -0.248. The summed E-state index contributed by atoms with van der Waals surface area (Å²) in [7, 11) is 4.17. The van der Waals surface area contributed by atoms with Gasteiger partial charge in [0.15, 0.2) is 29.1 Å². The van der Waals surface area contributed by atoms with Crippen molar-refractivity contribution in [3.63, 3.8) is 0 Å². The number of fused-ring (bicyclic) bond motifs is 2. The van der Waals surface area contributed by atoms with Crippen LogP contribution >= 0.6 is 11.3 Å². The van der Waals surface area contributed by atoms with E-state index >= 15 is 0 Å². The Labute approximate surface area is 542 Å². The van der Waals surface area contributed by atoms with Crippen molar-refractivity contribution < 1.29 is 52.8 Å². The van der Waals surface area contributed by atoms with Crippen molar-refractivity contribution in [3.8, 4) is 16.9 Å². The monoisotopic (exact) mass is 1290 g/mol. The first kappa shape index (κ1) is 64.5. The molecule has 6 aliphatic rings. The van der Waals surface area contributed by atoms with Crippen LogP contribution in [0.5, 0.6) is 5.75 Å². The van der Waals surface area contributed by atoms with Crippen molar-refractivity contribution in [2.45, 2.75) is 130 Å². The summed E-state index contributed by atoms with van der Waals surface area (Å²) in [6.07, 6.45) is 12.5. The number of benzene rings is 2. The highest BCUT2D eigenvalue weighted by Crippen LogP contribution is 2.72. The van der Waals surface area contributed by atoms with Gasteiger partial charge in [-0.1, -0.05) is 48.6 Å². The van der Waals surface area contributed by atoms with E-state index in [1.807, 2.05) is 67.4 Å². The number of carbonyl (C=O) groups excluding carboxylic acids is 5. The average molecular weight is 1290 g/mol. The van der Waals surface area contributed by atoms with E-state index in [1.165, 1.54) is 36.0 Å². The van der Waals surface area contributed by atoms with Crippen LogP contribution in [-0.4, -0.2) is 174 Å². The van der Waals surface area contributed by atoms with Gasteiger partial charge < -0.3 is 44.5 Å². The fraction of sp³-hybridized carbons (Fsp3) is 0.500. The van der Waals surface area contributed by atoms with Crippen molar-refractivity contribution >= 4 is 79.6 Å². The van der Waals surface area contributed by atoms with Gasteiger partial charge >= 0.3 is 5.97 Å². The highest BCUT2D eigenvalue weighted by atomic mass is 32.1. The summed E-state index contributed by atoms with van der Waals surface area (Å²) < 4.78 is 28.9. The lowest BCUT2D eigenvalue weighted by Gasteiger charge is -2.69. The number of piperidine rings is 1. The van der Waals surface area contributed by atoms with Crippen LogP contribution in [0.4, 0.5) is 22.6 Å². The molecule has 93 heavy (non-hydrogen) atoms. The van der Waals surface area contributed by atoms with Crippen LogP contribution < -0.4 is 25.6 Å². The summed E-state index contributed by atoms with van der Waals surface area (Å²) in [6, 6.07) is 16.9. The highest BCUT2D eigenvalue weighted by Gasteiger charge is 2.66. The average Bonchev–Trinajstić information content (AvgIpc) is 1.04. The van der Waals surface area contributed by atoms with E-state index in [-0.39, 0.29) is 90.2 Å². The second-order valence-corrected chi connectivity index (χ2v) is 27.7. The first-order valence-corrected chi connectivity index (χ1v) is 32.6. The van der Waals surface area contributed by atoms with Gasteiger partial charge in [-0.25, -0.2) is 14.8 Å². The van der Waals surface area contributed by atoms with Gasteiger partial charge in [0.25, 0.3) is 17.7 Å². The molecule has 2 aliphatic heterocycles. The zero-order chi connectivity index (χ0) is 65.2. The molecule has 4 bridgehead atoms. The van der Waals surface area contributed by atoms with Gasteiger partial charge in [0.05, 0.1) is 72.4 Å². The van der Waals surface area contributed by atoms with Crippen LogP contribution in [0.25, 0.3) is 21.3 Å². The Balaban J connectivity index is 0.631. The number of nitrogens with zero attached hydrogens (tertiary/aromatic N) is 12. The smallest absolute Gasteiger partial charge is 0.355 e. The number of rotatable bonds is 30. The topological polar surface area (TPSA) is 305 Å². The molecule has 4 N–H and O–H groups in total. The van der Waals surface area contributed by atoms with Crippen molar-refractivity contribution in [3.05, 3.63) is 107 Å². The third-order valence-electron chi connectivity index (χ3n) is 18.4. The van der Waals surface area contributed by atoms with E-state index in [4.69, 9.17) is 39.1 Å². The maximum Gasteiger partial charge on any atom is 0.355 e. The molecule has 13 rings (SSSR count). The summed E-state index contributed by atoms with van der Waals surface area (Å²) in [4.78, 5) is 91.2. The minimum Gasteiger partial charge on any atom is -0.483 e. The lowest BCUT2D eigenvalue weighted by Crippen LogP contribution is -2.64. The van der Waals surface area contributed by atoms with Crippen LogP contribution in [0.3, 0.4) is 0 Å². The van der Waals surface area contributed by atoms with E-state index < -0.39 is 48.2 Å². The number of unbranched alkanes of at least 4 members (excludes halogenated alkanes) is 2. The summed E-state index contributed by atoms with van der Waals surface area (Å²) in [5, 5.41) is 42.7. The number of anilines is 4. The molecule has 5 aromatic heterocycles. The Hall–Kier alpha value is -8.63. The van der Waals surface area contributed by atoms with Crippen molar-refractivity contribution in [1.29, 1.82) is 0 Å². The van der Waals surface area contributed by atoms with Crippen LogP contribution in [0.15, 0.2) is 73.1 Å². The maximum absolute atomic E-state index is 13.4. The molecular weight excluding hydrogens is 1210 g/mol. The predicted octanol–water partition coefficient (Wildman–Crippen LogP) is 7.83. The number of carbonyl (C=O) groups is 6. The summed E-state index contributed by atoms with van der Waals surface area (Å²) in [6.45, 7) is 12.9. The third-order valence-corrected chi connectivity index (χ3v) is 19.4. The minimum absolute atomic E-state index is 0.00220. The van der Waals surface area contributed by atoms with Gasteiger partial charge in [-0.2, -0.15) is 5.10 Å². The highest BCUT2D eigenvalue weighted by molar-refractivity contribution is 7.22. The number of aromatic nitrogens is 9. The number of aromatic carboxylic acids is 1. The van der Waals surface area contributed by atoms with Gasteiger partial charge in [-0.3, -0.25) is 43.6 Å². The zero-order valence-corrected chi connectivity index (χ0v) is 54.2. The molecule has 7 heterocycles. The van der Waals surface area contributed by atoms with Gasteiger partial charge in [0, 0.05) is 56.0 Å². The van der Waals surface area contributed by atoms with Gasteiger partial charge in [-0.15, -0.1) is 15.3 Å². The molecule has 0 spiro atoms. The number of nitrogens with one attached hydrogen (secondary N) is 3. The molecule has 27 heteroatoms. The van der Waals surface area contributed by atoms with Crippen LogP contribution in [0, 0.1) is 30.1 Å². The quantitative estimate of drug-likeness (QED) is 0.0246. The standard InChI is InChI=1S/C66H79N15O11S/c1-41-29-52(74-75-57(41)72-62-69-47-14-8-9-16-50(47)93-62)79(51-19-17-44(56(70-51)61(87)88)46-30-68-80(42(46)2)40-65-35-63(3)34-64(4,36-65)38-66(37-63,39-65)92-26-24-77(5)6)23-11-7-10-22-78-31-43(73-76-78)32-90-28-27-89-25-21-67-54(83)33-91-49-15-12-13-45-55(49)60(86)81(59(45)85)48-18-20-53(82)71-58(48)84/h8-9,12-17,19,29-31,48H,7,10-11,18,20-28,32-40H2,1-6H3,(H,67,83)(H,87,88)(H,69,72,75)(H,71,82,84). The van der Waals surface area contributed by atoms with E-state index in [9.17, 15) is 33.9 Å². The number of imide groups is 2. The van der Waals surface area contributed by atoms with Crippen molar-refractivity contribution in [2.24, 2.45) is 16.2 Å². The largest absolute Gasteiger partial charge is 0.483 e. The Bertz CT molecular complexity index is 3950. The molecule has 26 nitrogen and oxygen atoms in total. The van der Waals surface area contributed by atoms with E-state index in [2.05, 4.69) is 68.9 Å². The fourth-order valence-corrected chi connectivity index (χ4v) is 16.4. The lowest BCUT2D eigenvalue weighted by atomic mass is 9.39. The number of likely N-dealkylation sites (N-methyl/N-ethyl adjacent to an activating group) is 1. The number of carboxylic acids is 1. The summed E-state index contributed by atoms with van der Waals surface area (Å²) >= 11 is 1.53. The first-order valence-electron chi connectivity index (χ1n) is 31.8. The number of carboxylic acid groups (broad SMARTS) is 1. The van der Waals surface area contributed by atoms with Gasteiger partial charge in [-0.05, 0) is 156 Å². The number of pyridine rings is 1. The zero-order valence-electron chi connectivity index (χ0n) is 53.4. The number of thiazole rings is 1. The molecule has 3 atom stereocenters. The van der Waals surface area contributed by atoms with Crippen LogP contribution in [0.1, 0.15) is 133 Å². The Morgan fingerprint density at radius 2 is 1.62 bits per heavy atom. The van der Waals surface area contributed by atoms with E-state index in [0.717, 1.165) is 90.0 Å². The Kier molecular flexibility index (Phi) is 18.6. The number of hydrogen-bond donors (Lipinski definition) is 4. The molecule has 4 saturated carbocycles. The first-order chi connectivity index (χ1) is 44.7. The predicted molar refractivity (Wildman–Crippen MR) is 343 cm³/mol. The number of ether oxygens (including phenoxy) is 4. The van der Waals surface area contributed by atoms with Crippen LogP contribution in [0.2, 0.25) is 0 Å². The molecule has 5 fully saturated rings. The normalized spacial score (nSPS) is 22.3. The summed E-state index contributed by atoms with van der Waals surface area (Å²) in [5.41, 5.74) is 4.60. The second kappa shape index (κ2) is 26.8. The summed E-state index contributed by atoms with van der Waals surface area (Å²) in [5.74, 6) is -2.71. The van der Waals surface area contributed by atoms with Crippen LogP contribution in [-0.2, 0) is 48.3 Å². The SMILES string of the molecule is Cc1cc(N(CCCCCn2cc(COCCOCCNC(=O)COc3cccc4c3C(=O)N(C3CCC(=O)NC3=O)C4=O)nn2)c2ccc(-c3cnn(CC45CC6(C)CC(C)(C4)CC(OCCN(C)C)(C6)C5)c3C)c(C(=O)O)n2)nnc1Nc1nc2ccccc2s1. The fourth-order valence-electron chi connectivity index (χ4n) is 15.6. The molecule has 3 unspecified atom stereocenters. The molecule has 5 amide bonds. The minimum atomic E-state index is -1.15. The Morgan fingerprint density at radius 3 is 2.40 bits per heavy atom. The molecule has 7 aromatic rings. The van der Waals surface area contributed by atoms with E-state index in [0.29, 0.717) is 60.0 Å². The number of para-hydroxylation sites is 1.